The SMILES string of the molecule is COc1cc2c(cc1O)CCc1cc(OC)c(OC)c(O[C@@H]3OC(CO)[C@@H](O)C(O)C3O)c1-2. The first kappa shape index (κ1) is 23.4. The van der Waals surface area contributed by atoms with E-state index in [9.17, 15) is 25.5 Å². The number of phenolic OH excluding ortho intramolecular Hbond substituents is 1. The average molecular weight is 464 g/mol. The second-order valence-electron chi connectivity index (χ2n) is 7.97. The molecule has 0 spiro atoms. The van der Waals surface area contributed by atoms with E-state index in [0.29, 0.717) is 24.2 Å². The largest absolute Gasteiger partial charge is 0.504 e. The van der Waals surface area contributed by atoms with Gasteiger partial charge in [0.1, 0.15) is 24.4 Å². The first-order valence-corrected chi connectivity index (χ1v) is 10.5. The van der Waals surface area contributed by atoms with Crippen LogP contribution in [0.3, 0.4) is 0 Å². The maximum absolute atomic E-state index is 10.5. The number of methoxy groups -OCH3 is 3. The van der Waals surface area contributed by atoms with E-state index in [-0.39, 0.29) is 23.0 Å². The quantitative estimate of drug-likeness (QED) is 0.406. The van der Waals surface area contributed by atoms with Crippen molar-refractivity contribution in [1.29, 1.82) is 0 Å². The highest BCUT2D eigenvalue weighted by atomic mass is 16.7. The van der Waals surface area contributed by atoms with E-state index in [1.54, 1.807) is 12.1 Å². The summed E-state index contributed by atoms with van der Waals surface area (Å²) in [7, 11) is 4.37. The third-order valence-corrected chi connectivity index (χ3v) is 6.13. The number of fused-ring (bicyclic) bond motifs is 3. The Morgan fingerprint density at radius 1 is 0.848 bits per heavy atom. The summed E-state index contributed by atoms with van der Waals surface area (Å²) in [6.07, 6.45) is -6.02. The van der Waals surface area contributed by atoms with Crippen LogP contribution in [0.15, 0.2) is 18.2 Å². The minimum absolute atomic E-state index is 0.0107. The Bertz CT molecular complexity index is 1020. The monoisotopic (exact) mass is 464 g/mol. The highest BCUT2D eigenvalue weighted by molar-refractivity contribution is 5.84. The Kier molecular flexibility index (Phi) is 6.55. The number of rotatable bonds is 6. The minimum Gasteiger partial charge on any atom is -0.504 e. The smallest absolute Gasteiger partial charge is 0.229 e. The van der Waals surface area contributed by atoms with Crippen molar-refractivity contribution in [1.82, 2.24) is 0 Å². The summed E-state index contributed by atoms with van der Waals surface area (Å²) in [5.41, 5.74) is 3.08. The zero-order chi connectivity index (χ0) is 23.9. The Hall–Kier alpha value is -2.76. The lowest BCUT2D eigenvalue weighted by molar-refractivity contribution is -0.277. The van der Waals surface area contributed by atoms with Crippen molar-refractivity contribution in [2.24, 2.45) is 0 Å². The maximum Gasteiger partial charge on any atom is 0.229 e. The zero-order valence-electron chi connectivity index (χ0n) is 18.5. The van der Waals surface area contributed by atoms with Crippen LogP contribution < -0.4 is 18.9 Å². The molecule has 3 unspecified atom stereocenters. The Morgan fingerprint density at radius 3 is 2.18 bits per heavy atom. The molecule has 33 heavy (non-hydrogen) atoms. The Balaban J connectivity index is 1.88. The van der Waals surface area contributed by atoms with Crippen LogP contribution in [0.2, 0.25) is 0 Å². The molecule has 0 saturated carbocycles. The third-order valence-electron chi connectivity index (χ3n) is 6.13. The molecule has 1 aliphatic carbocycles. The predicted octanol–water partition coefficient (Wildman–Crippen LogP) is 0.362. The number of hydrogen-bond donors (Lipinski definition) is 5. The van der Waals surface area contributed by atoms with E-state index in [1.165, 1.54) is 21.3 Å². The molecule has 0 bridgehead atoms. The lowest BCUT2D eigenvalue weighted by atomic mass is 9.84. The molecule has 1 saturated heterocycles. The standard InChI is InChI=1S/C23H28O10/c1-29-14-8-12-10(6-13(14)25)4-5-11-7-15(30-2)21(31-3)22(17(11)12)33-23-20(28)19(27)18(26)16(9-24)32-23/h6-8,16,18-20,23-28H,4-5,9H2,1-3H3/t16?,18-,19?,20?,23+/m1/s1. The lowest BCUT2D eigenvalue weighted by Crippen LogP contribution is -2.60. The number of aryl methyl sites for hydroxylation is 2. The first-order valence-electron chi connectivity index (χ1n) is 10.5. The number of aliphatic hydroxyl groups excluding tert-OH is 4. The highest BCUT2D eigenvalue weighted by Gasteiger charge is 2.45. The fourth-order valence-corrected chi connectivity index (χ4v) is 4.38. The van der Waals surface area contributed by atoms with Gasteiger partial charge in [0.05, 0.1) is 27.9 Å². The van der Waals surface area contributed by atoms with Crippen molar-refractivity contribution >= 4 is 0 Å². The molecular formula is C23H28O10. The molecule has 5 atom stereocenters. The molecule has 2 aliphatic rings. The number of benzene rings is 2. The van der Waals surface area contributed by atoms with Crippen LogP contribution in [0.25, 0.3) is 11.1 Å². The van der Waals surface area contributed by atoms with E-state index in [1.807, 2.05) is 6.07 Å². The second-order valence-corrected chi connectivity index (χ2v) is 7.97. The normalized spacial score (nSPS) is 26.2. The first-order chi connectivity index (χ1) is 15.8. The molecular weight excluding hydrogens is 436 g/mol. The molecule has 1 fully saturated rings. The topological polar surface area (TPSA) is 147 Å². The third kappa shape index (κ3) is 3.94. The van der Waals surface area contributed by atoms with Crippen LogP contribution >= 0.6 is 0 Å². The Labute approximate surface area is 190 Å². The summed E-state index contributed by atoms with van der Waals surface area (Å²) < 4.78 is 28.0. The van der Waals surface area contributed by atoms with Crippen molar-refractivity contribution in [3.05, 3.63) is 29.3 Å². The summed E-state index contributed by atoms with van der Waals surface area (Å²) >= 11 is 0. The van der Waals surface area contributed by atoms with Gasteiger partial charge in [0.25, 0.3) is 0 Å². The van der Waals surface area contributed by atoms with Crippen molar-refractivity contribution < 1.29 is 49.2 Å². The van der Waals surface area contributed by atoms with Gasteiger partial charge in [-0.15, -0.1) is 0 Å². The molecule has 10 heteroatoms. The summed E-state index contributed by atoms with van der Waals surface area (Å²) in [6, 6.07) is 5.15. The van der Waals surface area contributed by atoms with Crippen LogP contribution in [-0.2, 0) is 17.6 Å². The van der Waals surface area contributed by atoms with Gasteiger partial charge in [0.2, 0.25) is 12.0 Å². The predicted molar refractivity (Wildman–Crippen MR) is 115 cm³/mol. The molecule has 2 aromatic rings. The minimum atomic E-state index is -1.60. The van der Waals surface area contributed by atoms with Gasteiger partial charge in [0.15, 0.2) is 23.0 Å². The Morgan fingerprint density at radius 2 is 1.55 bits per heavy atom. The van der Waals surface area contributed by atoms with Gasteiger partial charge in [-0.2, -0.15) is 0 Å². The van der Waals surface area contributed by atoms with E-state index in [4.69, 9.17) is 23.7 Å². The fourth-order valence-electron chi connectivity index (χ4n) is 4.38. The number of ether oxygens (including phenoxy) is 5. The van der Waals surface area contributed by atoms with Gasteiger partial charge >= 0.3 is 0 Å². The number of phenols is 1. The molecule has 0 amide bonds. The molecule has 4 rings (SSSR count). The molecule has 2 aromatic carbocycles. The number of hydrogen-bond acceptors (Lipinski definition) is 10. The second kappa shape index (κ2) is 9.24. The van der Waals surface area contributed by atoms with Crippen LogP contribution in [0.1, 0.15) is 11.1 Å². The number of aromatic hydroxyl groups is 1. The summed E-state index contributed by atoms with van der Waals surface area (Å²) in [5, 5.41) is 50.6. The highest BCUT2D eigenvalue weighted by Crippen LogP contribution is 2.52. The van der Waals surface area contributed by atoms with Crippen LogP contribution in [-0.4, -0.2) is 84.2 Å². The van der Waals surface area contributed by atoms with Gasteiger partial charge in [-0.1, -0.05) is 0 Å². The van der Waals surface area contributed by atoms with Crippen molar-refractivity contribution in [2.75, 3.05) is 27.9 Å². The van der Waals surface area contributed by atoms with Crippen molar-refractivity contribution in [3.63, 3.8) is 0 Å². The number of aliphatic hydroxyl groups is 4. The maximum atomic E-state index is 10.5. The molecule has 10 nitrogen and oxygen atoms in total. The van der Waals surface area contributed by atoms with Crippen molar-refractivity contribution in [3.8, 4) is 39.9 Å². The molecule has 1 heterocycles. The van der Waals surface area contributed by atoms with E-state index >= 15 is 0 Å². The zero-order valence-corrected chi connectivity index (χ0v) is 18.5. The fraction of sp³-hybridized carbons (Fsp3) is 0.478. The van der Waals surface area contributed by atoms with Gasteiger partial charge in [-0.25, -0.2) is 0 Å². The van der Waals surface area contributed by atoms with Crippen LogP contribution in [0, 0.1) is 0 Å². The average Bonchev–Trinajstić information content (AvgIpc) is 2.82. The summed E-state index contributed by atoms with van der Waals surface area (Å²) in [5.74, 6) is 1.09. The summed E-state index contributed by atoms with van der Waals surface area (Å²) in [6.45, 7) is -0.586. The van der Waals surface area contributed by atoms with Gasteiger partial charge in [-0.3, -0.25) is 0 Å². The van der Waals surface area contributed by atoms with Crippen LogP contribution in [0.4, 0.5) is 0 Å². The lowest BCUT2D eigenvalue weighted by Gasteiger charge is -2.40. The molecule has 0 radical (unpaired) electrons. The van der Waals surface area contributed by atoms with E-state index in [2.05, 4.69) is 0 Å². The molecule has 0 aromatic heterocycles. The van der Waals surface area contributed by atoms with Gasteiger partial charge < -0.3 is 49.2 Å². The van der Waals surface area contributed by atoms with Gasteiger partial charge in [-0.05, 0) is 47.7 Å². The van der Waals surface area contributed by atoms with E-state index < -0.39 is 37.3 Å². The van der Waals surface area contributed by atoms with Crippen LogP contribution in [0.5, 0.6) is 28.7 Å². The molecule has 1 aliphatic heterocycles. The van der Waals surface area contributed by atoms with Gasteiger partial charge in [0, 0.05) is 5.56 Å². The molecule has 5 N–H and O–H groups in total. The van der Waals surface area contributed by atoms with E-state index in [0.717, 1.165) is 16.7 Å². The summed E-state index contributed by atoms with van der Waals surface area (Å²) in [4.78, 5) is 0. The molecule has 180 valence electrons. The van der Waals surface area contributed by atoms with Crippen molar-refractivity contribution in [2.45, 2.75) is 43.5 Å².